The Labute approximate surface area is 126 Å². The van der Waals surface area contributed by atoms with E-state index in [1.54, 1.807) is 0 Å². The average Bonchev–Trinajstić information content (AvgIpc) is 2.36. The number of nitrogens with one attached hydrogen (secondary N) is 1. The van der Waals surface area contributed by atoms with Gasteiger partial charge in [-0.2, -0.15) is 0 Å². The van der Waals surface area contributed by atoms with E-state index >= 15 is 0 Å². The molecule has 20 heavy (non-hydrogen) atoms. The average molecular weight is 298 g/mol. The number of aliphatic hydroxyl groups excluding tert-OH is 1. The van der Waals surface area contributed by atoms with Crippen LogP contribution in [-0.4, -0.2) is 24.2 Å². The van der Waals surface area contributed by atoms with Gasteiger partial charge in [0.15, 0.2) is 0 Å². The third-order valence-corrected chi connectivity index (χ3v) is 3.64. The van der Waals surface area contributed by atoms with E-state index in [4.69, 9.17) is 16.7 Å². The highest BCUT2D eigenvalue weighted by Crippen LogP contribution is 2.19. The smallest absolute Gasteiger partial charge is 0.223 e. The number of hydrogen-bond donors (Lipinski definition) is 2. The standard InChI is InChI=1S/C16H24ClNO2/c1-12(9-13-5-4-6-14(17)10-13)15(20)18-11-16(2,3)7-8-19/h4-6,10,12,19H,7-9,11H2,1-3H3,(H,18,20). The molecule has 0 saturated carbocycles. The van der Waals surface area contributed by atoms with Gasteiger partial charge in [0.05, 0.1) is 0 Å². The van der Waals surface area contributed by atoms with Crippen molar-refractivity contribution < 1.29 is 9.90 Å². The fourth-order valence-electron chi connectivity index (χ4n) is 2.00. The second-order valence-corrected chi connectivity index (χ2v) is 6.53. The molecule has 4 heteroatoms. The number of halogens is 1. The van der Waals surface area contributed by atoms with Crippen molar-refractivity contribution in [3.63, 3.8) is 0 Å². The van der Waals surface area contributed by atoms with E-state index in [0.717, 1.165) is 5.56 Å². The van der Waals surface area contributed by atoms with E-state index in [0.29, 0.717) is 24.4 Å². The van der Waals surface area contributed by atoms with E-state index in [1.807, 2.05) is 45.0 Å². The summed E-state index contributed by atoms with van der Waals surface area (Å²) < 4.78 is 0. The minimum Gasteiger partial charge on any atom is -0.396 e. The van der Waals surface area contributed by atoms with Gasteiger partial charge in [-0.15, -0.1) is 0 Å². The summed E-state index contributed by atoms with van der Waals surface area (Å²) in [6, 6.07) is 7.59. The van der Waals surface area contributed by atoms with Crippen LogP contribution >= 0.6 is 11.6 Å². The maximum absolute atomic E-state index is 12.1. The molecule has 0 aliphatic carbocycles. The van der Waals surface area contributed by atoms with Crippen LogP contribution in [0.2, 0.25) is 5.02 Å². The van der Waals surface area contributed by atoms with E-state index < -0.39 is 0 Å². The Bertz CT molecular complexity index is 446. The second-order valence-electron chi connectivity index (χ2n) is 6.09. The number of aliphatic hydroxyl groups is 1. The molecule has 1 unspecified atom stereocenters. The third-order valence-electron chi connectivity index (χ3n) is 3.41. The van der Waals surface area contributed by atoms with Gasteiger partial charge in [-0.3, -0.25) is 4.79 Å². The highest BCUT2D eigenvalue weighted by atomic mass is 35.5. The summed E-state index contributed by atoms with van der Waals surface area (Å²) in [7, 11) is 0. The predicted molar refractivity (Wildman–Crippen MR) is 82.8 cm³/mol. The lowest BCUT2D eigenvalue weighted by molar-refractivity contribution is -0.125. The van der Waals surface area contributed by atoms with Gasteiger partial charge in [-0.05, 0) is 36.0 Å². The van der Waals surface area contributed by atoms with E-state index in [2.05, 4.69) is 5.32 Å². The van der Waals surface area contributed by atoms with Crippen LogP contribution in [0.3, 0.4) is 0 Å². The predicted octanol–water partition coefficient (Wildman–Crippen LogP) is 3.04. The van der Waals surface area contributed by atoms with Crippen molar-refractivity contribution in [2.75, 3.05) is 13.2 Å². The summed E-state index contributed by atoms with van der Waals surface area (Å²) in [5.74, 6) is -0.0608. The number of carbonyl (C=O) groups excluding carboxylic acids is 1. The van der Waals surface area contributed by atoms with Crippen LogP contribution in [0.25, 0.3) is 0 Å². The molecule has 1 aromatic rings. The zero-order chi connectivity index (χ0) is 15.2. The van der Waals surface area contributed by atoms with E-state index in [-0.39, 0.29) is 23.8 Å². The second kappa shape index (κ2) is 7.65. The minimum absolute atomic E-state index is 0.0380. The molecule has 0 spiro atoms. The summed E-state index contributed by atoms with van der Waals surface area (Å²) in [4.78, 5) is 12.1. The summed E-state index contributed by atoms with van der Waals surface area (Å²) in [6.45, 7) is 6.69. The lowest BCUT2D eigenvalue weighted by Crippen LogP contribution is -2.37. The Morgan fingerprint density at radius 3 is 2.75 bits per heavy atom. The summed E-state index contributed by atoms with van der Waals surface area (Å²) in [6.07, 6.45) is 1.35. The maximum Gasteiger partial charge on any atom is 0.223 e. The lowest BCUT2D eigenvalue weighted by atomic mass is 9.89. The molecule has 0 saturated heterocycles. The summed E-state index contributed by atoms with van der Waals surface area (Å²) in [5.41, 5.74) is 0.981. The SMILES string of the molecule is CC(Cc1cccc(Cl)c1)C(=O)NCC(C)(C)CCO. The van der Waals surface area contributed by atoms with Crippen molar-refractivity contribution in [1.29, 1.82) is 0 Å². The van der Waals surface area contributed by atoms with Gasteiger partial charge < -0.3 is 10.4 Å². The van der Waals surface area contributed by atoms with Gasteiger partial charge in [0.2, 0.25) is 5.91 Å². The maximum atomic E-state index is 12.1. The quantitative estimate of drug-likeness (QED) is 0.813. The molecule has 0 heterocycles. The summed E-state index contributed by atoms with van der Waals surface area (Å²) in [5, 5.41) is 12.6. The van der Waals surface area contributed by atoms with Crippen LogP contribution < -0.4 is 5.32 Å². The van der Waals surface area contributed by atoms with Crippen molar-refractivity contribution >= 4 is 17.5 Å². The first-order valence-corrected chi connectivity index (χ1v) is 7.35. The number of hydrogen-bond acceptors (Lipinski definition) is 2. The Kier molecular flexibility index (Phi) is 6.50. The molecule has 1 amide bonds. The lowest BCUT2D eigenvalue weighted by Gasteiger charge is -2.25. The molecular weight excluding hydrogens is 274 g/mol. The highest BCUT2D eigenvalue weighted by molar-refractivity contribution is 6.30. The first kappa shape index (κ1) is 17.0. The van der Waals surface area contributed by atoms with Crippen molar-refractivity contribution in [1.82, 2.24) is 5.32 Å². The molecule has 3 nitrogen and oxygen atoms in total. The molecule has 1 atom stereocenters. The van der Waals surface area contributed by atoms with Crippen LogP contribution in [-0.2, 0) is 11.2 Å². The highest BCUT2D eigenvalue weighted by Gasteiger charge is 2.20. The van der Waals surface area contributed by atoms with Gasteiger partial charge in [0, 0.05) is 24.1 Å². The number of rotatable bonds is 7. The molecule has 0 aliphatic rings. The van der Waals surface area contributed by atoms with Crippen LogP contribution in [0.15, 0.2) is 24.3 Å². The molecule has 2 N–H and O–H groups in total. The van der Waals surface area contributed by atoms with Crippen molar-refractivity contribution in [3.8, 4) is 0 Å². The van der Waals surface area contributed by atoms with Gasteiger partial charge in [0.1, 0.15) is 0 Å². The Hall–Kier alpha value is -1.06. The number of carbonyl (C=O) groups is 1. The molecule has 112 valence electrons. The van der Waals surface area contributed by atoms with Crippen LogP contribution in [0.5, 0.6) is 0 Å². The topological polar surface area (TPSA) is 49.3 Å². The normalized spacial score (nSPS) is 13.1. The fourth-order valence-corrected chi connectivity index (χ4v) is 2.21. The third kappa shape index (κ3) is 5.93. The Morgan fingerprint density at radius 1 is 1.45 bits per heavy atom. The van der Waals surface area contributed by atoms with Gasteiger partial charge in [-0.25, -0.2) is 0 Å². The molecule has 0 radical (unpaired) electrons. The van der Waals surface area contributed by atoms with Gasteiger partial charge in [0.25, 0.3) is 0 Å². The monoisotopic (exact) mass is 297 g/mol. The van der Waals surface area contributed by atoms with Crippen molar-refractivity contribution in [2.45, 2.75) is 33.6 Å². The molecular formula is C16H24ClNO2. The molecule has 0 fully saturated rings. The zero-order valence-corrected chi connectivity index (χ0v) is 13.2. The van der Waals surface area contributed by atoms with Crippen LogP contribution in [0.1, 0.15) is 32.8 Å². The van der Waals surface area contributed by atoms with Gasteiger partial charge in [-0.1, -0.05) is 44.5 Å². The number of amides is 1. The van der Waals surface area contributed by atoms with E-state index in [9.17, 15) is 4.79 Å². The van der Waals surface area contributed by atoms with Crippen molar-refractivity contribution in [2.24, 2.45) is 11.3 Å². The molecule has 0 bridgehead atoms. The summed E-state index contributed by atoms with van der Waals surface area (Å²) >= 11 is 5.94. The molecule has 1 aromatic carbocycles. The van der Waals surface area contributed by atoms with Crippen LogP contribution in [0.4, 0.5) is 0 Å². The fraction of sp³-hybridized carbons (Fsp3) is 0.562. The first-order valence-electron chi connectivity index (χ1n) is 6.97. The molecule has 0 aromatic heterocycles. The van der Waals surface area contributed by atoms with E-state index in [1.165, 1.54) is 0 Å². The Morgan fingerprint density at radius 2 is 2.15 bits per heavy atom. The largest absolute Gasteiger partial charge is 0.396 e. The van der Waals surface area contributed by atoms with Crippen LogP contribution in [0, 0.1) is 11.3 Å². The molecule has 1 rings (SSSR count). The minimum atomic E-state index is -0.0987. The first-order chi connectivity index (χ1) is 9.34. The van der Waals surface area contributed by atoms with Crippen molar-refractivity contribution in [3.05, 3.63) is 34.9 Å². The van der Waals surface area contributed by atoms with Gasteiger partial charge >= 0.3 is 0 Å². The zero-order valence-electron chi connectivity index (χ0n) is 12.4. The number of benzene rings is 1. The molecule has 0 aliphatic heterocycles. The Balaban J connectivity index is 2.47.